The highest BCUT2D eigenvalue weighted by atomic mass is 32.2. The minimum atomic E-state index is -2.86. The van der Waals surface area contributed by atoms with Crippen LogP contribution in [0.25, 0.3) is 0 Å². The predicted octanol–water partition coefficient (Wildman–Crippen LogP) is 2.17. The summed E-state index contributed by atoms with van der Waals surface area (Å²) in [7, 11) is -2.86. The molecule has 0 N–H and O–H groups in total. The Hall–Kier alpha value is -1.31. The molecule has 0 aromatic heterocycles. The molecular weight excluding hydrogens is 364 g/mol. The Kier molecular flexibility index (Phi) is 4.37. The number of fused-ring (bicyclic) bond motifs is 1. The van der Waals surface area contributed by atoms with Crippen molar-refractivity contribution in [1.82, 2.24) is 4.90 Å². The number of rotatable bonds is 2. The Bertz CT molecular complexity index is 799. The molecule has 6 nitrogen and oxygen atoms in total. The van der Waals surface area contributed by atoms with E-state index in [4.69, 9.17) is 9.47 Å². The summed E-state index contributed by atoms with van der Waals surface area (Å²) in [6, 6.07) is 6.98. The lowest BCUT2D eigenvalue weighted by Crippen LogP contribution is -2.54. The van der Waals surface area contributed by atoms with Gasteiger partial charge in [0, 0.05) is 56.3 Å². The van der Waals surface area contributed by atoms with Crippen molar-refractivity contribution in [3.05, 3.63) is 23.8 Å². The Labute approximate surface area is 161 Å². The van der Waals surface area contributed by atoms with Gasteiger partial charge in [-0.2, -0.15) is 0 Å². The predicted molar refractivity (Wildman–Crippen MR) is 104 cm³/mol. The molecule has 3 heterocycles. The van der Waals surface area contributed by atoms with Crippen molar-refractivity contribution in [2.24, 2.45) is 0 Å². The van der Waals surface area contributed by atoms with E-state index in [0.29, 0.717) is 19.7 Å². The lowest BCUT2D eigenvalue weighted by atomic mass is 9.89. The van der Waals surface area contributed by atoms with Crippen LogP contribution in [0.15, 0.2) is 18.2 Å². The normalized spacial score (nSPS) is 27.6. The first-order chi connectivity index (χ1) is 13.0. The fourth-order valence-electron chi connectivity index (χ4n) is 4.61. The molecule has 7 heteroatoms. The second-order valence-corrected chi connectivity index (χ2v) is 10.7. The number of piperidine rings is 1. The first-order valence-electron chi connectivity index (χ1n) is 10.2. The molecule has 3 fully saturated rings. The molecule has 1 aliphatic carbocycles. The van der Waals surface area contributed by atoms with E-state index < -0.39 is 15.6 Å². The third kappa shape index (κ3) is 3.45. The Morgan fingerprint density at radius 1 is 1.04 bits per heavy atom. The first kappa shape index (κ1) is 17.8. The Morgan fingerprint density at radius 3 is 2.44 bits per heavy atom. The second-order valence-electron chi connectivity index (χ2n) is 8.35. The summed E-state index contributed by atoms with van der Waals surface area (Å²) in [5.41, 5.74) is 2.12. The van der Waals surface area contributed by atoms with Crippen LogP contribution in [0.5, 0.6) is 5.75 Å². The summed E-state index contributed by atoms with van der Waals surface area (Å²) in [5.74, 6) is 0.926. The summed E-state index contributed by atoms with van der Waals surface area (Å²) in [6.45, 7) is 3.80. The summed E-state index contributed by atoms with van der Waals surface area (Å²) in [5, 5.41) is 0. The van der Waals surface area contributed by atoms with Gasteiger partial charge < -0.3 is 14.4 Å². The largest absolute Gasteiger partial charge is 0.462 e. The monoisotopic (exact) mass is 392 g/mol. The van der Waals surface area contributed by atoms with Gasteiger partial charge in [0.15, 0.2) is 9.84 Å². The van der Waals surface area contributed by atoms with E-state index in [1.54, 1.807) is 0 Å². The van der Waals surface area contributed by atoms with Crippen molar-refractivity contribution in [2.45, 2.75) is 50.5 Å². The third-order valence-electron chi connectivity index (χ3n) is 6.69. The summed E-state index contributed by atoms with van der Waals surface area (Å²) >= 11 is 0. The van der Waals surface area contributed by atoms with Crippen LogP contribution in [0.4, 0.5) is 5.69 Å². The van der Waals surface area contributed by atoms with E-state index in [1.807, 2.05) is 6.07 Å². The van der Waals surface area contributed by atoms with Crippen LogP contribution in [-0.4, -0.2) is 62.8 Å². The number of likely N-dealkylation sites (tertiary alicyclic amines) is 1. The van der Waals surface area contributed by atoms with Gasteiger partial charge in [0.05, 0.1) is 18.1 Å². The highest BCUT2D eigenvalue weighted by Crippen LogP contribution is 2.40. The highest BCUT2D eigenvalue weighted by Gasteiger charge is 2.42. The molecule has 0 amide bonds. The zero-order valence-electron chi connectivity index (χ0n) is 15.7. The van der Waals surface area contributed by atoms with Crippen LogP contribution in [0.1, 0.15) is 37.7 Å². The van der Waals surface area contributed by atoms with E-state index in [1.165, 1.54) is 19.3 Å². The molecule has 0 bridgehead atoms. The third-order valence-corrected chi connectivity index (χ3v) is 8.30. The lowest BCUT2D eigenvalue weighted by molar-refractivity contribution is -0.231. The van der Waals surface area contributed by atoms with Crippen LogP contribution in [0, 0.1) is 0 Å². The van der Waals surface area contributed by atoms with Crippen LogP contribution in [0.3, 0.4) is 0 Å². The minimum Gasteiger partial charge on any atom is -0.462 e. The van der Waals surface area contributed by atoms with Gasteiger partial charge in [0.25, 0.3) is 0 Å². The smallest absolute Gasteiger partial charge is 0.213 e. The molecule has 0 atom stereocenters. The van der Waals surface area contributed by atoms with Gasteiger partial charge >= 0.3 is 0 Å². The van der Waals surface area contributed by atoms with Gasteiger partial charge in [-0.05, 0) is 31.0 Å². The molecule has 0 radical (unpaired) electrons. The maximum absolute atomic E-state index is 11.6. The topological polar surface area (TPSA) is 59.1 Å². The molecule has 1 aromatic rings. The SMILES string of the molecule is O=S1(=O)CCN(c2ccc3c(c2)COC2(CCN(C4CCC4)CC2)O3)CC1. The van der Waals surface area contributed by atoms with E-state index >= 15 is 0 Å². The number of sulfone groups is 1. The molecule has 1 spiro atoms. The molecule has 2 saturated heterocycles. The fraction of sp³-hybridized carbons (Fsp3) is 0.700. The van der Waals surface area contributed by atoms with Gasteiger partial charge in [-0.25, -0.2) is 8.42 Å². The minimum absolute atomic E-state index is 0.234. The molecule has 3 aliphatic heterocycles. The van der Waals surface area contributed by atoms with Gasteiger partial charge in [-0.15, -0.1) is 0 Å². The van der Waals surface area contributed by atoms with Gasteiger partial charge in [-0.1, -0.05) is 6.42 Å². The number of hydrogen-bond donors (Lipinski definition) is 0. The summed E-state index contributed by atoms with van der Waals surface area (Å²) < 4.78 is 35.9. The van der Waals surface area contributed by atoms with E-state index in [0.717, 1.165) is 49.0 Å². The number of ether oxygens (including phenoxy) is 2. The zero-order valence-corrected chi connectivity index (χ0v) is 16.5. The quantitative estimate of drug-likeness (QED) is 0.769. The molecule has 0 unspecified atom stereocenters. The molecular formula is C20H28N2O4S. The first-order valence-corrected chi connectivity index (χ1v) is 12.0. The number of anilines is 1. The molecule has 4 aliphatic rings. The van der Waals surface area contributed by atoms with Crippen molar-refractivity contribution >= 4 is 15.5 Å². The number of hydrogen-bond acceptors (Lipinski definition) is 6. The maximum atomic E-state index is 11.6. The second kappa shape index (κ2) is 6.64. The van der Waals surface area contributed by atoms with Crippen LogP contribution in [-0.2, 0) is 21.2 Å². The van der Waals surface area contributed by atoms with E-state index in [9.17, 15) is 8.42 Å². The number of benzene rings is 1. The molecule has 27 heavy (non-hydrogen) atoms. The zero-order chi connectivity index (χ0) is 18.5. The average molecular weight is 393 g/mol. The van der Waals surface area contributed by atoms with Crippen LogP contribution in [0.2, 0.25) is 0 Å². The molecule has 148 valence electrons. The van der Waals surface area contributed by atoms with Crippen molar-refractivity contribution in [3.63, 3.8) is 0 Å². The van der Waals surface area contributed by atoms with Crippen molar-refractivity contribution in [3.8, 4) is 5.75 Å². The van der Waals surface area contributed by atoms with Crippen molar-refractivity contribution in [1.29, 1.82) is 0 Å². The Morgan fingerprint density at radius 2 is 1.78 bits per heavy atom. The molecule has 5 rings (SSSR count). The Balaban J connectivity index is 1.26. The van der Waals surface area contributed by atoms with Crippen LogP contribution >= 0.6 is 0 Å². The van der Waals surface area contributed by atoms with Crippen LogP contribution < -0.4 is 9.64 Å². The number of nitrogens with zero attached hydrogens (tertiary/aromatic N) is 2. The molecule has 1 saturated carbocycles. The maximum Gasteiger partial charge on any atom is 0.213 e. The van der Waals surface area contributed by atoms with Crippen molar-refractivity contribution < 1.29 is 17.9 Å². The van der Waals surface area contributed by atoms with E-state index in [-0.39, 0.29) is 11.5 Å². The van der Waals surface area contributed by atoms with Gasteiger partial charge in [0.2, 0.25) is 5.79 Å². The standard InChI is InChI=1S/C20H28N2O4S/c23-27(24)12-10-22(11-13-27)18-4-5-19-16(14-18)15-25-20(26-19)6-8-21(9-7-20)17-2-1-3-17/h4-5,14,17H,1-3,6-13,15H2. The van der Waals surface area contributed by atoms with E-state index in [2.05, 4.69) is 21.9 Å². The van der Waals surface area contributed by atoms with Gasteiger partial charge in [0.1, 0.15) is 5.75 Å². The average Bonchev–Trinajstić information content (AvgIpc) is 2.62. The lowest BCUT2D eigenvalue weighted by Gasteiger charge is -2.47. The van der Waals surface area contributed by atoms with Gasteiger partial charge in [-0.3, -0.25) is 4.90 Å². The molecule has 1 aromatic carbocycles. The summed E-state index contributed by atoms with van der Waals surface area (Å²) in [4.78, 5) is 4.74. The fourth-order valence-corrected chi connectivity index (χ4v) is 5.81. The highest BCUT2D eigenvalue weighted by molar-refractivity contribution is 7.91. The van der Waals surface area contributed by atoms with Crippen molar-refractivity contribution in [2.75, 3.05) is 42.6 Å². The summed E-state index contributed by atoms with van der Waals surface area (Å²) in [6.07, 6.45) is 5.91.